The molecule has 1 amide bonds. The molecule has 3 heterocycles. The molecule has 4 aromatic rings. The van der Waals surface area contributed by atoms with Gasteiger partial charge in [-0.05, 0) is 48.5 Å². The average Bonchev–Trinajstić information content (AvgIpc) is 3.18. The molecule has 0 atom stereocenters. The highest BCUT2D eigenvalue weighted by atomic mass is 32.2. The number of nitrogens with one attached hydrogen (secondary N) is 1. The van der Waals surface area contributed by atoms with E-state index < -0.39 is 0 Å². The van der Waals surface area contributed by atoms with Gasteiger partial charge in [0.1, 0.15) is 5.03 Å². The lowest BCUT2D eigenvalue weighted by molar-refractivity contribution is 0.102. The first-order chi connectivity index (χ1) is 13.3. The van der Waals surface area contributed by atoms with E-state index in [2.05, 4.69) is 20.3 Å². The number of hydrogen-bond donors (Lipinski definition) is 1. The van der Waals surface area contributed by atoms with Crippen molar-refractivity contribution in [3.05, 3.63) is 84.1 Å². The summed E-state index contributed by atoms with van der Waals surface area (Å²) in [4.78, 5) is 26.3. The van der Waals surface area contributed by atoms with Crippen LogP contribution in [0, 0.1) is 0 Å². The molecule has 1 N–H and O–H groups in total. The number of benzene rings is 1. The second-order valence-corrected chi connectivity index (χ2v) is 7.48. The van der Waals surface area contributed by atoms with Crippen molar-refractivity contribution >= 4 is 34.1 Å². The molecule has 27 heavy (non-hydrogen) atoms. The van der Waals surface area contributed by atoms with Gasteiger partial charge in [0.2, 0.25) is 0 Å². The standard InChI is InChI=1S/C20H14N4OS2/c25-19(24-20-23-17(13-26-20)15-4-3-10-21-12-15)14-6-8-16(9-7-14)27-18-5-1-2-11-22-18/h1-13H,(H,23,24,25). The molecule has 0 radical (unpaired) electrons. The molecule has 4 rings (SSSR count). The van der Waals surface area contributed by atoms with Gasteiger partial charge in [-0.1, -0.05) is 17.8 Å². The Morgan fingerprint density at radius 1 is 1.00 bits per heavy atom. The van der Waals surface area contributed by atoms with E-state index in [1.807, 2.05) is 47.8 Å². The molecule has 0 saturated carbocycles. The van der Waals surface area contributed by atoms with Gasteiger partial charge in [0.15, 0.2) is 5.13 Å². The zero-order valence-electron chi connectivity index (χ0n) is 14.1. The number of thiazole rings is 1. The van der Waals surface area contributed by atoms with Crippen molar-refractivity contribution < 1.29 is 4.79 Å². The summed E-state index contributed by atoms with van der Waals surface area (Å²) in [6, 6.07) is 17.0. The van der Waals surface area contributed by atoms with Crippen molar-refractivity contribution in [1.29, 1.82) is 0 Å². The normalized spacial score (nSPS) is 10.5. The van der Waals surface area contributed by atoms with Gasteiger partial charge in [-0.15, -0.1) is 11.3 Å². The minimum Gasteiger partial charge on any atom is -0.298 e. The van der Waals surface area contributed by atoms with E-state index in [0.717, 1.165) is 21.2 Å². The summed E-state index contributed by atoms with van der Waals surface area (Å²) < 4.78 is 0. The van der Waals surface area contributed by atoms with E-state index in [-0.39, 0.29) is 5.91 Å². The molecule has 1 aromatic carbocycles. The zero-order chi connectivity index (χ0) is 18.5. The van der Waals surface area contributed by atoms with Gasteiger partial charge >= 0.3 is 0 Å². The van der Waals surface area contributed by atoms with Crippen molar-refractivity contribution in [1.82, 2.24) is 15.0 Å². The Bertz CT molecular complexity index is 1030. The maximum Gasteiger partial charge on any atom is 0.257 e. The summed E-state index contributed by atoms with van der Waals surface area (Å²) in [5.74, 6) is -0.184. The maximum atomic E-state index is 12.5. The Labute approximate surface area is 164 Å². The summed E-state index contributed by atoms with van der Waals surface area (Å²) in [6.07, 6.45) is 5.23. The number of carbonyl (C=O) groups excluding carboxylic acids is 1. The predicted octanol–water partition coefficient (Wildman–Crippen LogP) is 5.00. The fraction of sp³-hybridized carbons (Fsp3) is 0. The zero-order valence-corrected chi connectivity index (χ0v) is 15.7. The second-order valence-electron chi connectivity index (χ2n) is 5.53. The van der Waals surface area contributed by atoms with E-state index in [0.29, 0.717) is 10.7 Å². The van der Waals surface area contributed by atoms with Crippen LogP contribution in [-0.2, 0) is 0 Å². The fourth-order valence-electron chi connectivity index (χ4n) is 2.35. The summed E-state index contributed by atoms with van der Waals surface area (Å²) in [6.45, 7) is 0. The quantitative estimate of drug-likeness (QED) is 0.519. The van der Waals surface area contributed by atoms with Gasteiger partial charge in [0.25, 0.3) is 5.91 Å². The molecule has 0 spiro atoms. The molecular formula is C20H14N4OS2. The highest BCUT2D eigenvalue weighted by molar-refractivity contribution is 7.99. The third-order valence-electron chi connectivity index (χ3n) is 3.66. The molecule has 0 aliphatic heterocycles. The molecule has 0 unspecified atom stereocenters. The van der Waals surface area contributed by atoms with Crippen LogP contribution in [0.1, 0.15) is 10.4 Å². The number of rotatable bonds is 5. The van der Waals surface area contributed by atoms with E-state index in [9.17, 15) is 4.79 Å². The second kappa shape index (κ2) is 8.11. The maximum absolute atomic E-state index is 12.5. The number of amides is 1. The summed E-state index contributed by atoms with van der Waals surface area (Å²) in [7, 11) is 0. The molecular weight excluding hydrogens is 376 g/mol. The topological polar surface area (TPSA) is 67.8 Å². The van der Waals surface area contributed by atoms with E-state index in [1.165, 1.54) is 11.3 Å². The Balaban J connectivity index is 1.42. The number of carbonyl (C=O) groups is 1. The molecule has 3 aromatic heterocycles. The summed E-state index contributed by atoms with van der Waals surface area (Å²) in [5, 5.41) is 6.23. The van der Waals surface area contributed by atoms with Crippen LogP contribution >= 0.6 is 23.1 Å². The van der Waals surface area contributed by atoms with Gasteiger partial charge in [-0.2, -0.15) is 0 Å². The molecule has 0 aliphatic carbocycles. The van der Waals surface area contributed by atoms with E-state index >= 15 is 0 Å². The Kier molecular flexibility index (Phi) is 5.22. The Morgan fingerprint density at radius 3 is 2.63 bits per heavy atom. The van der Waals surface area contributed by atoms with Gasteiger partial charge < -0.3 is 0 Å². The third-order valence-corrected chi connectivity index (χ3v) is 5.37. The van der Waals surface area contributed by atoms with Crippen LogP contribution < -0.4 is 5.32 Å². The van der Waals surface area contributed by atoms with Crippen LogP contribution in [0.4, 0.5) is 5.13 Å². The first-order valence-corrected chi connectivity index (χ1v) is 9.84. The van der Waals surface area contributed by atoms with Gasteiger partial charge in [0.05, 0.1) is 5.69 Å². The van der Waals surface area contributed by atoms with Crippen molar-refractivity contribution in [3.8, 4) is 11.3 Å². The van der Waals surface area contributed by atoms with Crippen LogP contribution in [0.3, 0.4) is 0 Å². The number of pyridine rings is 2. The molecule has 0 saturated heterocycles. The highest BCUT2D eigenvalue weighted by Gasteiger charge is 2.10. The lowest BCUT2D eigenvalue weighted by Crippen LogP contribution is -2.11. The highest BCUT2D eigenvalue weighted by Crippen LogP contribution is 2.27. The van der Waals surface area contributed by atoms with Gasteiger partial charge in [0, 0.05) is 40.0 Å². The lowest BCUT2D eigenvalue weighted by Gasteiger charge is -2.04. The number of nitrogens with zero attached hydrogens (tertiary/aromatic N) is 3. The fourth-order valence-corrected chi connectivity index (χ4v) is 3.84. The first kappa shape index (κ1) is 17.4. The number of aromatic nitrogens is 3. The van der Waals surface area contributed by atoms with Crippen molar-refractivity contribution in [2.45, 2.75) is 9.92 Å². The van der Waals surface area contributed by atoms with Crippen LogP contribution in [0.25, 0.3) is 11.3 Å². The minimum atomic E-state index is -0.184. The smallest absolute Gasteiger partial charge is 0.257 e. The van der Waals surface area contributed by atoms with Crippen LogP contribution in [-0.4, -0.2) is 20.9 Å². The lowest BCUT2D eigenvalue weighted by atomic mass is 10.2. The van der Waals surface area contributed by atoms with E-state index in [4.69, 9.17) is 0 Å². The number of hydrogen-bond acceptors (Lipinski definition) is 6. The minimum absolute atomic E-state index is 0.184. The first-order valence-electron chi connectivity index (χ1n) is 8.14. The molecule has 132 valence electrons. The SMILES string of the molecule is O=C(Nc1nc(-c2cccnc2)cs1)c1ccc(Sc2ccccn2)cc1. The molecule has 0 fully saturated rings. The monoisotopic (exact) mass is 390 g/mol. The third kappa shape index (κ3) is 4.39. The van der Waals surface area contributed by atoms with Crippen LogP contribution in [0.5, 0.6) is 0 Å². The van der Waals surface area contributed by atoms with Crippen molar-refractivity contribution in [2.75, 3.05) is 5.32 Å². The van der Waals surface area contributed by atoms with Crippen molar-refractivity contribution in [3.63, 3.8) is 0 Å². The predicted molar refractivity (Wildman–Crippen MR) is 108 cm³/mol. The Hall–Kier alpha value is -3.03. The molecule has 7 heteroatoms. The number of anilines is 1. The molecule has 0 aliphatic rings. The summed E-state index contributed by atoms with van der Waals surface area (Å²) in [5.41, 5.74) is 2.30. The van der Waals surface area contributed by atoms with Crippen LogP contribution in [0.15, 0.2) is 88.5 Å². The molecule has 5 nitrogen and oxygen atoms in total. The Morgan fingerprint density at radius 2 is 1.89 bits per heavy atom. The van der Waals surface area contributed by atoms with Crippen molar-refractivity contribution in [2.24, 2.45) is 0 Å². The summed E-state index contributed by atoms with van der Waals surface area (Å²) >= 11 is 2.94. The largest absolute Gasteiger partial charge is 0.298 e. The van der Waals surface area contributed by atoms with E-state index in [1.54, 1.807) is 42.5 Å². The molecule has 0 bridgehead atoms. The van der Waals surface area contributed by atoms with Crippen LogP contribution in [0.2, 0.25) is 0 Å². The van der Waals surface area contributed by atoms with Gasteiger partial charge in [-0.25, -0.2) is 9.97 Å². The van der Waals surface area contributed by atoms with Gasteiger partial charge in [-0.3, -0.25) is 15.1 Å². The average molecular weight is 390 g/mol.